The zero-order valence-corrected chi connectivity index (χ0v) is 12.8. The van der Waals surface area contributed by atoms with Gasteiger partial charge in [0, 0.05) is 57.9 Å². The number of rotatable bonds is 4. The van der Waals surface area contributed by atoms with E-state index in [1.165, 1.54) is 12.0 Å². The highest BCUT2D eigenvalue weighted by Gasteiger charge is 2.34. The van der Waals surface area contributed by atoms with Crippen LogP contribution in [0.4, 0.5) is 0 Å². The molecule has 1 amide bonds. The van der Waals surface area contributed by atoms with E-state index in [1.807, 2.05) is 17.9 Å². The molecular weight excluding hydrogens is 268 g/mol. The van der Waals surface area contributed by atoms with E-state index < -0.39 is 0 Å². The number of nitrogens with one attached hydrogen (secondary N) is 1. The van der Waals surface area contributed by atoms with Crippen molar-refractivity contribution in [2.45, 2.75) is 31.9 Å². The van der Waals surface area contributed by atoms with Crippen molar-refractivity contribution in [2.24, 2.45) is 13.0 Å². The molecular formula is C15H24N4O2. The van der Waals surface area contributed by atoms with Crippen molar-refractivity contribution >= 4 is 5.91 Å². The molecule has 2 fully saturated rings. The molecule has 0 spiro atoms. The van der Waals surface area contributed by atoms with Crippen LogP contribution in [0.2, 0.25) is 0 Å². The number of nitrogens with zero attached hydrogens (tertiary/aromatic N) is 3. The maximum atomic E-state index is 11.0. The van der Waals surface area contributed by atoms with Gasteiger partial charge in [0.25, 0.3) is 0 Å². The molecule has 2 atom stereocenters. The topological polar surface area (TPSA) is 59.4 Å². The normalized spacial score (nSPS) is 27.3. The van der Waals surface area contributed by atoms with Crippen LogP contribution in [-0.4, -0.2) is 52.9 Å². The first-order valence-electron chi connectivity index (χ1n) is 7.71. The number of amides is 1. The Balaban J connectivity index is 1.55. The van der Waals surface area contributed by atoms with Crippen molar-refractivity contribution in [1.82, 2.24) is 20.0 Å². The third kappa shape index (κ3) is 3.44. The number of likely N-dealkylation sites (tertiary alicyclic amines) is 1. The minimum atomic E-state index is 0.0638. The molecule has 1 N–H and O–H groups in total. The highest BCUT2D eigenvalue weighted by Crippen LogP contribution is 2.34. The molecule has 0 aliphatic carbocycles. The molecule has 0 aromatic carbocycles. The SMILES string of the molecule is CC(=O)NC1CN(C[C@@H]2CCCO[C@H]2c2cnn(C)c2)C1. The zero-order valence-electron chi connectivity index (χ0n) is 12.8. The van der Waals surface area contributed by atoms with Crippen molar-refractivity contribution in [2.75, 3.05) is 26.2 Å². The summed E-state index contributed by atoms with van der Waals surface area (Å²) < 4.78 is 7.84. The minimum Gasteiger partial charge on any atom is -0.373 e. The summed E-state index contributed by atoms with van der Waals surface area (Å²) in [5, 5.41) is 7.23. The van der Waals surface area contributed by atoms with Crippen LogP contribution in [-0.2, 0) is 16.6 Å². The summed E-state index contributed by atoms with van der Waals surface area (Å²) in [6.45, 7) is 5.36. The van der Waals surface area contributed by atoms with Crippen LogP contribution in [0.15, 0.2) is 12.4 Å². The minimum absolute atomic E-state index is 0.0638. The lowest BCUT2D eigenvalue weighted by molar-refractivity contribution is -0.121. The van der Waals surface area contributed by atoms with Gasteiger partial charge in [0.15, 0.2) is 0 Å². The Kier molecular flexibility index (Phi) is 4.26. The lowest BCUT2D eigenvalue weighted by atomic mass is 9.89. The van der Waals surface area contributed by atoms with E-state index in [4.69, 9.17) is 4.74 Å². The zero-order chi connectivity index (χ0) is 14.8. The second-order valence-corrected chi connectivity index (χ2v) is 6.26. The van der Waals surface area contributed by atoms with E-state index in [0.29, 0.717) is 12.0 Å². The molecule has 6 nitrogen and oxygen atoms in total. The summed E-state index contributed by atoms with van der Waals surface area (Å²) in [5.41, 5.74) is 1.18. The highest BCUT2D eigenvalue weighted by molar-refractivity contribution is 5.73. The lowest BCUT2D eigenvalue weighted by Crippen LogP contribution is -2.60. The Labute approximate surface area is 125 Å². The molecule has 0 radical (unpaired) electrons. The molecule has 0 saturated carbocycles. The van der Waals surface area contributed by atoms with Gasteiger partial charge >= 0.3 is 0 Å². The van der Waals surface area contributed by atoms with E-state index in [2.05, 4.69) is 21.5 Å². The molecule has 116 valence electrons. The van der Waals surface area contributed by atoms with Gasteiger partial charge in [-0.2, -0.15) is 5.10 Å². The van der Waals surface area contributed by atoms with Gasteiger partial charge in [-0.05, 0) is 12.8 Å². The number of hydrogen-bond donors (Lipinski definition) is 1. The van der Waals surface area contributed by atoms with Crippen LogP contribution in [0, 0.1) is 5.92 Å². The van der Waals surface area contributed by atoms with Gasteiger partial charge in [-0.3, -0.25) is 14.4 Å². The fourth-order valence-electron chi connectivity index (χ4n) is 3.42. The fraction of sp³-hybridized carbons (Fsp3) is 0.733. The highest BCUT2D eigenvalue weighted by atomic mass is 16.5. The average molecular weight is 292 g/mol. The van der Waals surface area contributed by atoms with E-state index in [9.17, 15) is 4.79 Å². The first-order valence-corrected chi connectivity index (χ1v) is 7.71. The van der Waals surface area contributed by atoms with Crippen LogP contribution < -0.4 is 5.32 Å². The summed E-state index contributed by atoms with van der Waals surface area (Å²) in [5.74, 6) is 0.579. The quantitative estimate of drug-likeness (QED) is 0.888. The Morgan fingerprint density at radius 2 is 2.33 bits per heavy atom. The Bertz CT molecular complexity index is 496. The van der Waals surface area contributed by atoms with Crippen molar-refractivity contribution in [1.29, 1.82) is 0 Å². The van der Waals surface area contributed by atoms with Gasteiger partial charge in [0.05, 0.1) is 18.3 Å². The number of carbonyl (C=O) groups is 1. The average Bonchev–Trinajstić information content (AvgIpc) is 2.83. The van der Waals surface area contributed by atoms with Gasteiger partial charge in [-0.1, -0.05) is 0 Å². The van der Waals surface area contributed by atoms with Crippen LogP contribution in [0.25, 0.3) is 0 Å². The second kappa shape index (κ2) is 6.15. The fourth-order valence-corrected chi connectivity index (χ4v) is 3.42. The molecule has 2 aliphatic heterocycles. The molecule has 0 bridgehead atoms. The molecule has 21 heavy (non-hydrogen) atoms. The van der Waals surface area contributed by atoms with Crippen LogP contribution in [0.3, 0.4) is 0 Å². The van der Waals surface area contributed by atoms with Gasteiger partial charge < -0.3 is 10.1 Å². The number of aryl methyl sites for hydroxylation is 1. The van der Waals surface area contributed by atoms with Crippen LogP contribution in [0.1, 0.15) is 31.4 Å². The number of hydrogen-bond acceptors (Lipinski definition) is 4. The molecule has 6 heteroatoms. The number of carbonyl (C=O) groups excluding carboxylic acids is 1. The first kappa shape index (κ1) is 14.5. The van der Waals surface area contributed by atoms with E-state index in [0.717, 1.165) is 32.7 Å². The monoisotopic (exact) mass is 292 g/mol. The summed E-state index contributed by atoms with van der Waals surface area (Å²) in [6, 6.07) is 0.323. The second-order valence-electron chi connectivity index (χ2n) is 6.26. The summed E-state index contributed by atoms with van der Waals surface area (Å²) >= 11 is 0. The largest absolute Gasteiger partial charge is 0.373 e. The van der Waals surface area contributed by atoms with Gasteiger partial charge in [0.1, 0.15) is 0 Å². The van der Waals surface area contributed by atoms with Crippen LogP contribution >= 0.6 is 0 Å². The van der Waals surface area contributed by atoms with Crippen molar-refractivity contribution in [3.8, 4) is 0 Å². The Hall–Kier alpha value is -1.40. The van der Waals surface area contributed by atoms with Gasteiger partial charge in [-0.25, -0.2) is 0 Å². The molecule has 3 heterocycles. The molecule has 2 saturated heterocycles. The maximum Gasteiger partial charge on any atom is 0.217 e. The van der Waals surface area contributed by atoms with Crippen molar-refractivity contribution in [3.63, 3.8) is 0 Å². The first-order chi connectivity index (χ1) is 10.1. The summed E-state index contributed by atoms with van der Waals surface area (Å²) in [6.07, 6.45) is 6.45. The number of ether oxygens (including phenoxy) is 1. The lowest BCUT2D eigenvalue weighted by Gasteiger charge is -2.43. The molecule has 3 rings (SSSR count). The predicted octanol–water partition coefficient (Wildman–Crippen LogP) is 0.708. The Morgan fingerprint density at radius 1 is 1.52 bits per heavy atom. The van der Waals surface area contributed by atoms with Crippen molar-refractivity contribution < 1.29 is 9.53 Å². The van der Waals surface area contributed by atoms with E-state index >= 15 is 0 Å². The molecule has 2 aliphatic rings. The standard InChI is InChI=1S/C15H24N4O2/c1-11(20)17-14-9-19(10-14)8-12-4-3-5-21-15(12)13-6-16-18(2)7-13/h6-7,12,14-15H,3-5,8-10H2,1-2H3,(H,17,20)/t12-,15+/m0/s1. The van der Waals surface area contributed by atoms with Crippen LogP contribution in [0.5, 0.6) is 0 Å². The molecule has 0 unspecified atom stereocenters. The maximum absolute atomic E-state index is 11.0. The third-order valence-electron chi connectivity index (χ3n) is 4.36. The number of aromatic nitrogens is 2. The smallest absolute Gasteiger partial charge is 0.217 e. The van der Waals surface area contributed by atoms with E-state index in [1.54, 1.807) is 6.92 Å². The van der Waals surface area contributed by atoms with E-state index in [-0.39, 0.29) is 12.0 Å². The molecule has 1 aromatic rings. The Morgan fingerprint density at radius 3 is 3.00 bits per heavy atom. The summed E-state index contributed by atoms with van der Waals surface area (Å²) in [7, 11) is 1.94. The predicted molar refractivity (Wildman–Crippen MR) is 78.7 cm³/mol. The van der Waals surface area contributed by atoms with Gasteiger partial charge in [0.2, 0.25) is 5.91 Å². The van der Waals surface area contributed by atoms with Gasteiger partial charge in [-0.15, -0.1) is 0 Å². The van der Waals surface area contributed by atoms with Crippen molar-refractivity contribution in [3.05, 3.63) is 18.0 Å². The summed E-state index contributed by atoms with van der Waals surface area (Å²) in [4.78, 5) is 13.4. The third-order valence-corrected chi connectivity index (χ3v) is 4.36. The molecule has 1 aromatic heterocycles.